The average Bonchev–Trinajstić information content (AvgIpc) is 2.47. The van der Waals surface area contributed by atoms with Crippen LogP contribution in [0.2, 0.25) is 0 Å². The number of hydrogen-bond acceptors (Lipinski definition) is 3. The van der Waals surface area contributed by atoms with Gasteiger partial charge in [0.1, 0.15) is 11.6 Å². The van der Waals surface area contributed by atoms with Gasteiger partial charge in [-0.05, 0) is 42.8 Å². The summed E-state index contributed by atoms with van der Waals surface area (Å²) in [4.78, 5) is 11.3. The van der Waals surface area contributed by atoms with Crippen molar-refractivity contribution < 1.29 is 32.2 Å². The summed E-state index contributed by atoms with van der Waals surface area (Å²) in [6.07, 6.45) is -4.51. The Bertz CT molecular complexity index is 759. The van der Waals surface area contributed by atoms with E-state index in [-0.39, 0.29) is 17.0 Å². The van der Waals surface area contributed by atoms with Crippen molar-refractivity contribution in [2.45, 2.75) is 13.1 Å². The monoisotopic (exact) mass is 343 g/mol. The lowest BCUT2D eigenvalue weighted by atomic mass is 10.1. The summed E-state index contributed by atoms with van der Waals surface area (Å²) < 4.78 is 54.4. The highest BCUT2D eigenvalue weighted by atomic mass is 19.4. The lowest BCUT2D eigenvalue weighted by molar-refractivity contribution is -0.153. The second-order valence-electron chi connectivity index (χ2n) is 5.00. The molecule has 0 spiro atoms. The van der Waals surface area contributed by atoms with Crippen LogP contribution in [-0.4, -0.2) is 23.9 Å². The SMILES string of the molecule is Cc1cc(F)ccc1Nc1cc(OCC(F)(F)F)ccc1C(=O)O. The molecule has 0 aromatic heterocycles. The molecule has 0 aliphatic rings. The summed E-state index contributed by atoms with van der Waals surface area (Å²) >= 11 is 0. The quantitative estimate of drug-likeness (QED) is 0.784. The Hall–Kier alpha value is -2.77. The van der Waals surface area contributed by atoms with Crippen LogP contribution >= 0.6 is 0 Å². The van der Waals surface area contributed by atoms with Crippen LogP contribution < -0.4 is 10.1 Å². The van der Waals surface area contributed by atoms with Gasteiger partial charge in [-0.15, -0.1) is 0 Å². The summed E-state index contributed by atoms with van der Waals surface area (Å²) in [7, 11) is 0. The van der Waals surface area contributed by atoms with Gasteiger partial charge < -0.3 is 15.2 Å². The first-order valence-electron chi connectivity index (χ1n) is 6.76. The van der Waals surface area contributed by atoms with Crippen molar-refractivity contribution in [1.82, 2.24) is 0 Å². The molecule has 0 fully saturated rings. The van der Waals surface area contributed by atoms with E-state index in [1.165, 1.54) is 18.2 Å². The van der Waals surface area contributed by atoms with Crippen LogP contribution in [-0.2, 0) is 0 Å². The smallest absolute Gasteiger partial charge is 0.422 e. The highest BCUT2D eigenvalue weighted by Gasteiger charge is 2.28. The van der Waals surface area contributed by atoms with E-state index in [2.05, 4.69) is 10.1 Å². The third-order valence-electron chi connectivity index (χ3n) is 3.08. The second kappa shape index (κ2) is 6.77. The van der Waals surface area contributed by atoms with Crippen molar-refractivity contribution in [1.29, 1.82) is 0 Å². The zero-order chi connectivity index (χ0) is 17.9. The number of benzene rings is 2. The van der Waals surface area contributed by atoms with Crippen molar-refractivity contribution in [3.63, 3.8) is 0 Å². The number of aromatic carboxylic acids is 1. The molecule has 24 heavy (non-hydrogen) atoms. The summed E-state index contributed by atoms with van der Waals surface area (Å²) in [5.41, 5.74) is 0.815. The Balaban J connectivity index is 2.32. The molecule has 0 amide bonds. The lowest BCUT2D eigenvalue weighted by Gasteiger charge is -2.15. The second-order valence-corrected chi connectivity index (χ2v) is 5.00. The Morgan fingerprint density at radius 3 is 2.46 bits per heavy atom. The van der Waals surface area contributed by atoms with E-state index in [1.54, 1.807) is 6.92 Å². The molecule has 0 saturated carbocycles. The molecule has 0 aliphatic carbocycles. The first-order chi connectivity index (χ1) is 11.2. The molecule has 0 unspecified atom stereocenters. The number of carboxylic acid groups (broad SMARTS) is 1. The van der Waals surface area contributed by atoms with Crippen LogP contribution in [0.5, 0.6) is 5.75 Å². The molecule has 2 aromatic carbocycles. The van der Waals surface area contributed by atoms with E-state index in [0.717, 1.165) is 18.2 Å². The number of alkyl halides is 3. The van der Waals surface area contributed by atoms with Crippen molar-refractivity contribution in [3.05, 3.63) is 53.3 Å². The molecule has 0 atom stereocenters. The molecule has 8 heteroatoms. The highest BCUT2D eigenvalue weighted by Crippen LogP contribution is 2.29. The van der Waals surface area contributed by atoms with E-state index in [9.17, 15) is 27.5 Å². The number of nitrogens with one attached hydrogen (secondary N) is 1. The maximum Gasteiger partial charge on any atom is 0.422 e. The molecule has 0 bridgehead atoms. The van der Waals surface area contributed by atoms with Gasteiger partial charge in [-0.2, -0.15) is 13.2 Å². The zero-order valence-electron chi connectivity index (χ0n) is 12.4. The summed E-state index contributed by atoms with van der Waals surface area (Å²) in [5.74, 6) is -1.86. The molecule has 4 nitrogen and oxygen atoms in total. The molecule has 2 N–H and O–H groups in total. The molecular weight excluding hydrogens is 330 g/mol. The molecule has 128 valence electrons. The maximum absolute atomic E-state index is 13.1. The average molecular weight is 343 g/mol. The number of rotatable bonds is 5. The van der Waals surface area contributed by atoms with Crippen molar-refractivity contribution in [2.75, 3.05) is 11.9 Å². The van der Waals surface area contributed by atoms with E-state index in [0.29, 0.717) is 11.3 Å². The zero-order valence-corrected chi connectivity index (χ0v) is 12.4. The van der Waals surface area contributed by atoms with Gasteiger partial charge in [-0.25, -0.2) is 9.18 Å². The van der Waals surface area contributed by atoms with Crippen LogP contribution in [0.1, 0.15) is 15.9 Å². The number of hydrogen-bond donors (Lipinski definition) is 2. The number of halogens is 4. The molecule has 2 rings (SSSR count). The number of carboxylic acids is 1. The molecule has 0 heterocycles. The van der Waals surface area contributed by atoms with Gasteiger partial charge >= 0.3 is 12.1 Å². The number of aryl methyl sites for hydroxylation is 1. The van der Waals surface area contributed by atoms with Gasteiger partial charge in [-0.1, -0.05) is 0 Å². The minimum atomic E-state index is -4.51. The minimum Gasteiger partial charge on any atom is -0.484 e. The minimum absolute atomic E-state index is 0.0388. The van der Waals surface area contributed by atoms with Crippen LogP contribution in [0, 0.1) is 12.7 Å². The predicted octanol–water partition coefficient (Wildman–Crippen LogP) is 4.52. The van der Waals surface area contributed by atoms with Crippen LogP contribution in [0.4, 0.5) is 28.9 Å². The maximum atomic E-state index is 13.1. The third-order valence-corrected chi connectivity index (χ3v) is 3.08. The molecule has 0 aliphatic heterocycles. The first-order valence-corrected chi connectivity index (χ1v) is 6.76. The fourth-order valence-electron chi connectivity index (χ4n) is 1.98. The fourth-order valence-corrected chi connectivity index (χ4v) is 1.98. The van der Waals surface area contributed by atoms with E-state index < -0.39 is 24.6 Å². The van der Waals surface area contributed by atoms with E-state index >= 15 is 0 Å². The summed E-state index contributed by atoms with van der Waals surface area (Å²) in [6, 6.07) is 7.25. The topological polar surface area (TPSA) is 58.6 Å². The Labute approximate surface area is 134 Å². The summed E-state index contributed by atoms with van der Waals surface area (Å²) in [6.45, 7) is 0.115. The van der Waals surface area contributed by atoms with Crippen LogP contribution in [0.25, 0.3) is 0 Å². The van der Waals surface area contributed by atoms with Crippen LogP contribution in [0.15, 0.2) is 36.4 Å². The molecular formula is C16H13F4NO3. The van der Waals surface area contributed by atoms with Crippen molar-refractivity contribution >= 4 is 17.3 Å². The first kappa shape index (κ1) is 17.6. The van der Waals surface area contributed by atoms with Crippen molar-refractivity contribution in [3.8, 4) is 5.75 Å². The Kier molecular flexibility index (Phi) is 4.96. The van der Waals surface area contributed by atoms with Gasteiger partial charge in [0.15, 0.2) is 6.61 Å². The third kappa shape index (κ3) is 4.61. The number of ether oxygens (including phenoxy) is 1. The highest BCUT2D eigenvalue weighted by molar-refractivity contribution is 5.95. The molecule has 0 radical (unpaired) electrons. The summed E-state index contributed by atoms with van der Waals surface area (Å²) in [5, 5.41) is 12.0. The lowest BCUT2D eigenvalue weighted by Crippen LogP contribution is -2.19. The van der Waals surface area contributed by atoms with Gasteiger partial charge in [0, 0.05) is 11.8 Å². The predicted molar refractivity (Wildman–Crippen MR) is 79.4 cm³/mol. The van der Waals surface area contributed by atoms with Gasteiger partial charge in [0.2, 0.25) is 0 Å². The Morgan fingerprint density at radius 1 is 1.17 bits per heavy atom. The van der Waals surface area contributed by atoms with E-state index in [4.69, 9.17) is 0 Å². The fraction of sp³-hybridized carbons (Fsp3) is 0.188. The molecule has 2 aromatic rings. The largest absolute Gasteiger partial charge is 0.484 e. The normalized spacial score (nSPS) is 11.2. The van der Waals surface area contributed by atoms with Crippen LogP contribution in [0.3, 0.4) is 0 Å². The number of carbonyl (C=O) groups is 1. The van der Waals surface area contributed by atoms with Crippen molar-refractivity contribution in [2.24, 2.45) is 0 Å². The molecule has 0 saturated heterocycles. The van der Waals surface area contributed by atoms with Gasteiger partial charge in [-0.3, -0.25) is 0 Å². The number of anilines is 2. The van der Waals surface area contributed by atoms with Gasteiger partial charge in [0.05, 0.1) is 11.3 Å². The van der Waals surface area contributed by atoms with E-state index in [1.807, 2.05) is 0 Å². The van der Waals surface area contributed by atoms with Gasteiger partial charge in [0.25, 0.3) is 0 Å². The Morgan fingerprint density at radius 2 is 1.88 bits per heavy atom. The standard InChI is InChI=1S/C16H13F4NO3/c1-9-6-10(17)2-5-13(9)21-14-7-11(24-8-16(18,19)20)3-4-12(14)15(22)23/h2-7,21H,8H2,1H3,(H,22,23).